The summed E-state index contributed by atoms with van der Waals surface area (Å²) in [5.41, 5.74) is 2.45. The van der Waals surface area contributed by atoms with E-state index in [1.54, 1.807) is 12.4 Å². The van der Waals surface area contributed by atoms with Crippen LogP contribution in [0.2, 0.25) is 0 Å². The van der Waals surface area contributed by atoms with Crippen LogP contribution in [0.1, 0.15) is 24.1 Å². The molecule has 1 radical (unpaired) electrons. The highest BCUT2D eigenvalue weighted by atomic mass is 16.2. The van der Waals surface area contributed by atoms with Gasteiger partial charge in [0.2, 0.25) is 24.0 Å². The third-order valence-electron chi connectivity index (χ3n) is 5.48. The average Bonchev–Trinajstić information content (AvgIpc) is 3.54. The number of nitrogens with one attached hydrogen (secondary N) is 5. The summed E-state index contributed by atoms with van der Waals surface area (Å²) in [6.45, 7) is 0. The molecule has 2 aromatic heterocycles. The summed E-state index contributed by atoms with van der Waals surface area (Å²) in [5, 5.41) is 8.91. The fourth-order valence-electron chi connectivity index (χ4n) is 3.82. The number of hydrogen-bond donors (Lipinski definition) is 5. The standard InChI is InChI=1S/C22H23N6O4/c29-11-15(7-13-9-24-17-4-2-1-3-16(13)17)26-22(32)19(8-14-10-23-12-25-14)28-21(31)18-5-6-20(30)27-18/h1-4,9-10,12,15,18-19,24H,5-8H2,(H,23,25)(H,26,32)(H,27,30)(H,28,31)/t15-,18-,19-/m0/s1. The Morgan fingerprint density at radius 3 is 2.75 bits per heavy atom. The summed E-state index contributed by atoms with van der Waals surface area (Å²) in [4.78, 5) is 58.6. The third-order valence-corrected chi connectivity index (χ3v) is 5.48. The zero-order chi connectivity index (χ0) is 22.5. The first-order chi connectivity index (χ1) is 15.5. The smallest absolute Gasteiger partial charge is 0.243 e. The molecule has 1 saturated heterocycles. The average molecular weight is 435 g/mol. The first-order valence-corrected chi connectivity index (χ1v) is 10.3. The predicted molar refractivity (Wildman–Crippen MR) is 115 cm³/mol. The van der Waals surface area contributed by atoms with Gasteiger partial charge < -0.3 is 25.9 Å². The second-order valence-corrected chi connectivity index (χ2v) is 7.74. The Kier molecular flexibility index (Phi) is 6.29. The van der Waals surface area contributed by atoms with Crippen LogP contribution in [0.4, 0.5) is 0 Å². The SMILES string of the molecule is O=[C][C@H](Cc1c[nH]c2ccccc12)NC(=O)[C@H](Cc1cnc[nH]1)NC(=O)[C@@H]1CCC(=O)N1. The monoisotopic (exact) mass is 435 g/mol. The fraction of sp³-hybridized carbons (Fsp3) is 0.318. The highest BCUT2D eigenvalue weighted by Gasteiger charge is 2.31. The molecule has 3 amide bonds. The van der Waals surface area contributed by atoms with Gasteiger partial charge in [-0.15, -0.1) is 0 Å². The normalized spacial score (nSPS) is 17.5. The van der Waals surface area contributed by atoms with Crippen molar-refractivity contribution in [1.82, 2.24) is 30.9 Å². The number of fused-ring (bicyclic) bond motifs is 1. The van der Waals surface area contributed by atoms with E-state index < -0.39 is 29.9 Å². The minimum absolute atomic E-state index is 0.150. The zero-order valence-electron chi connectivity index (χ0n) is 17.2. The topological polar surface area (TPSA) is 149 Å². The van der Waals surface area contributed by atoms with Crippen LogP contribution in [0.5, 0.6) is 0 Å². The van der Waals surface area contributed by atoms with Crippen LogP contribution in [0.25, 0.3) is 10.9 Å². The summed E-state index contributed by atoms with van der Waals surface area (Å²) >= 11 is 0. The van der Waals surface area contributed by atoms with Crippen molar-refractivity contribution < 1.29 is 19.2 Å². The lowest BCUT2D eigenvalue weighted by atomic mass is 10.0. The molecule has 3 atom stereocenters. The number of aromatic nitrogens is 3. The van der Waals surface area contributed by atoms with E-state index in [1.807, 2.05) is 30.6 Å². The number of benzene rings is 1. The zero-order valence-corrected chi connectivity index (χ0v) is 17.2. The first-order valence-electron chi connectivity index (χ1n) is 10.3. The maximum absolute atomic E-state index is 13.0. The van der Waals surface area contributed by atoms with Crippen molar-refractivity contribution in [2.45, 2.75) is 43.8 Å². The molecule has 0 spiro atoms. The lowest BCUT2D eigenvalue weighted by Crippen LogP contribution is -2.54. The molecule has 4 rings (SSSR count). The molecule has 1 aliphatic heterocycles. The molecule has 165 valence electrons. The van der Waals surface area contributed by atoms with Crippen LogP contribution in [0, 0.1) is 0 Å². The fourth-order valence-corrected chi connectivity index (χ4v) is 3.82. The quantitative estimate of drug-likeness (QED) is 0.322. The highest BCUT2D eigenvalue weighted by Crippen LogP contribution is 2.19. The molecule has 1 aliphatic rings. The van der Waals surface area contributed by atoms with E-state index in [0.29, 0.717) is 12.1 Å². The van der Waals surface area contributed by atoms with E-state index in [0.717, 1.165) is 16.5 Å². The van der Waals surface area contributed by atoms with Gasteiger partial charge in [0.05, 0.1) is 12.4 Å². The van der Waals surface area contributed by atoms with Crippen molar-refractivity contribution in [3.05, 3.63) is 54.2 Å². The Morgan fingerprint density at radius 2 is 2.03 bits per heavy atom. The van der Waals surface area contributed by atoms with Gasteiger partial charge in [0, 0.05) is 48.3 Å². The Labute approximate surface area is 183 Å². The van der Waals surface area contributed by atoms with Crippen LogP contribution in [0.3, 0.4) is 0 Å². The van der Waals surface area contributed by atoms with Crippen LogP contribution < -0.4 is 16.0 Å². The molecule has 3 aromatic rings. The Morgan fingerprint density at radius 1 is 1.19 bits per heavy atom. The van der Waals surface area contributed by atoms with E-state index in [9.17, 15) is 19.2 Å². The summed E-state index contributed by atoms with van der Waals surface area (Å²) < 4.78 is 0. The Balaban J connectivity index is 1.45. The lowest BCUT2D eigenvalue weighted by molar-refractivity contribution is -0.130. The second-order valence-electron chi connectivity index (χ2n) is 7.74. The van der Waals surface area contributed by atoms with Crippen molar-refractivity contribution in [1.29, 1.82) is 0 Å². The lowest BCUT2D eigenvalue weighted by Gasteiger charge is -2.22. The molecule has 10 nitrogen and oxygen atoms in total. The summed E-state index contributed by atoms with van der Waals surface area (Å²) in [6, 6.07) is 5.13. The number of amides is 3. The number of rotatable bonds is 9. The number of H-pyrrole nitrogens is 2. The molecule has 1 fully saturated rings. The molecule has 32 heavy (non-hydrogen) atoms. The maximum Gasteiger partial charge on any atom is 0.243 e. The van der Waals surface area contributed by atoms with Gasteiger partial charge in [0.25, 0.3) is 0 Å². The molecular formula is C22H23N6O4. The second kappa shape index (κ2) is 9.46. The van der Waals surface area contributed by atoms with Crippen molar-refractivity contribution in [3.63, 3.8) is 0 Å². The summed E-state index contributed by atoms with van der Waals surface area (Å²) in [5.74, 6) is -1.17. The van der Waals surface area contributed by atoms with Gasteiger partial charge in [0.1, 0.15) is 12.1 Å². The molecule has 0 saturated carbocycles. The number of hydrogen-bond acceptors (Lipinski definition) is 5. The molecule has 1 aromatic carbocycles. The van der Waals surface area contributed by atoms with Gasteiger partial charge in [-0.1, -0.05) is 18.2 Å². The van der Waals surface area contributed by atoms with E-state index in [2.05, 4.69) is 30.9 Å². The van der Waals surface area contributed by atoms with Gasteiger partial charge in [-0.2, -0.15) is 0 Å². The largest absolute Gasteiger partial charge is 0.361 e. The molecule has 0 bridgehead atoms. The number of imidazole rings is 1. The molecule has 0 unspecified atom stereocenters. The Bertz CT molecular complexity index is 1120. The third kappa shape index (κ3) is 4.85. The minimum atomic E-state index is -0.959. The van der Waals surface area contributed by atoms with Crippen LogP contribution in [-0.2, 0) is 32.0 Å². The van der Waals surface area contributed by atoms with Crippen molar-refractivity contribution in [2.24, 2.45) is 0 Å². The van der Waals surface area contributed by atoms with Gasteiger partial charge in [0.15, 0.2) is 0 Å². The molecule has 0 aliphatic carbocycles. The van der Waals surface area contributed by atoms with Crippen molar-refractivity contribution >= 4 is 34.9 Å². The van der Waals surface area contributed by atoms with Crippen LogP contribution >= 0.6 is 0 Å². The van der Waals surface area contributed by atoms with Gasteiger partial charge in [-0.25, -0.2) is 4.98 Å². The number of carbonyl (C=O) groups is 3. The molecular weight excluding hydrogens is 412 g/mol. The van der Waals surface area contributed by atoms with Crippen molar-refractivity contribution in [3.8, 4) is 0 Å². The number of carbonyl (C=O) groups excluding carboxylic acids is 4. The van der Waals surface area contributed by atoms with E-state index in [4.69, 9.17) is 0 Å². The first kappa shape index (κ1) is 21.3. The number of nitrogens with zero attached hydrogens (tertiary/aromatic N) is 1. The van der Waals surface area contributed by atoms with Gasteiger partial charge in [-0.05, 0) is 18.1 Å². The van der Waals surface area contributed by atoms with Gasteiger partial charge in [-0.3, -0.25) is 19.2 Å². The van der Waals surface area contributed by atoms with E-state index in [-0.39, 0.29) is 25.2 Å². The predicted octanol–water partition coefficient (Wildman–Crippen LogP) is 0.0341. The van der Waals surface area contributed by atoms with Crippen LogP contribution in [0.15, 0.2) is 43.0 Å². The maximum atomic E-state index is 13.0. The molecule has 5 N–H and O–H groups in total. The molecule has 10 heteroatoms. The van der Waals surface area contributed by atoms with Crippen molar-refractivity contribution in [2.75, 3.05) is 0 Å². The minimum Gasteiger partial charge on any atom is -0.361 e. The number of para-hydroxylation sites is 1. The molecule has 3 heterocycles. The van der Waals surface area contributed by atoms with E-state index >= 15 is 0 Å². The van der Waals surface area contributed by atoms with Crippen LogP contribution in [-0.4, -0.2) is 57.1 Å². The van der Waals surface area contributed by atoms with Gasteiger partial charge >= 0.3 is 0 Å². The number of aromatic amines is 2. The summed E-state index contributed by atoms with van der Waals surface area (Å²) in [7, 11) is 0. The Hall–Kier alpha value is -3.95. The summed E-state index contributed by atoms with van der Waals surface area (Å²) in [6.07, 6.45) is 7.74. The van der Waals surface area contributed by atoms with E-state index in [1.165, 1.54) is 6.33 Å². The highest BCUT2D eigenvalue weighted by molar-refractivity contribution is 5.94.